The number of nitrogens with zero attached hydrogens (tertiary/aromatic N) is 1. The van der Waals surface area contributed by atoms with E-state index in [1.54, 1.807) is 11.3 Å². The van der Waals surface area contributed by atoms with Gasteiger partial charge >= 0.3 is 0 Å². The predicted molar refractivity (Wildman–Crippen MR) is 69.1 cm³/mol. The number of rotatable bonds is 5. The van der Waals surface area contributed by atoms with E-state index >= 15 is 0 Å². The Bertz CT molecular complexity index is 322. The van der Waals surface area contributed by atoms with Crippen LogP contribution in [0.3, 0.4) is 0 Å². The molecule has 2 N–H and O–H groups in total. The van der Waals surface area contributed by atoms with E-state index in [0.29, 0.717) is 6.04 Å². The summed E-state index contributed by atoms with van der Waals surface area (Å²) >= 11 is 5.24. The highest BCUT2D eigenvalue weighted by Gasteiger charge is 2.32. The molecule has 2 nitrogen and oxygen atoms in total. The Morgan fingerprint density at radius 2 is 2.40 bits per heavy atom. The Hall–Kier alpha value is 0.1000. The van der Waals surface area contributed by atoms with E-state index in [2.05, 4.69) is 39.3 Å². The van der Waals surface area contributed by atoms with Gasteiger partial charge in [0.15, 0.2) is 0 Å². The fraction of sp³-hybridized carbons (Fsp3) is 0.636. The molecule has 2 rings (SSSR count). The lowest BCUT2D eigenvalue weighted by molar-refractivity contribution is 0.216. The van der Waals surface area contributed by atoms with Crippen LogP contribution in [0.4, 0.5) is 0 Å². The molecule has 1 unspecified atom stereocenters. The zero-order valence-corrected chi connectivity index (χ0v) is 11.4. The van der Waals surface area contributed by atoms with Gasteiger partial charge in [-0.2, -0.15) is 0 Å². The van der Waals surface area contributed by atoms with E-state index in [1.807, 2.05) is 0 Å². The summed E-state index contributed by atoms with van der Waals surface area (Å²) in [6.07, 6.45) is 2.72. The number of likely N-dealkylation sites (N-methyl/N-ethyl adjacent to an activating group) is 1. The van der Waals surface area contributed by atoms with Crippen molar-refractivity contribution in [1.82, 2.24) is 4.90 Å². The molecule has 15 heavy (non-hydrogen) atoms. The summed E-state index contributed by atoms with van der Waals surface area (Å²) in [5.41, 5.74) is 7.21. The second-order valence-corrected chi connectivity index (χ2v) is 6.61. The molecule has 84 valence electrons. The Kier molecular flexibility index (Phi) is 3.83. The third kappa shape index (κ3) is 3.03. The number of hydrogen-bond acceptors (Lipinski definition) is 3. The molecule has 1 fully saturated rings. The van der Waals surface area contributed by atoms with Crippen LogP contribution in [0, 0.1) is 5.92 Å². The molecule has 1 aromatic rings. The summed E-state index contributed by atoms with van der Waals surface area (Å²) in [5.74, 6) is 0.849. The third-order valence-corrected chi connectivity index (χ3v) is 4.58. The van der Waals surface area contributed by atoms with E-state index in [1.165, 1.54) is 22.2 Å². The molecule has 0 aliphatic heterocycles. The standard InChI is InChI=1S/C11H17BrN2S/c1-14(10(5-13)9-2-3-9)6-8-4-11(12)15-7-8/h4,7,9-10H,2-3,5-6,13H2,1H3. The molecule has 1 saturated carbocycles. The lowest BCUT2D eigenvalue weighted by Crippen LogP contribution is -2.39. The molecule has 0 amide bonds. The van der Waals surface area contributed by atoms with Gasteiger partial charge in [-0.05, 0) is 58.7 Å². The summed E-state index contributed by atoms with van der Waals surface area (Å²) in [6, 6.07) is 2.77. The van der Waals surface area contributed by atoms with Gasteiger partial charge in [-0.1, -0.05) is 0 Å². The molecule has 1 aromatic heterocycles. The number of hydrogen-bond donors (Lipinski definition) is 1. The van der Waals surface area contributed by atoms with Gasteiger partial charge in [0, 0.05) is 19.1 Å². The maximum atomic E-state index is 5.83. The van der Waals surface area contributed by atoms with E-state index in [9.17, 15) is 0 Å². The zero-order valence-electron chi connectivity index (χ0n) is 8.95. The molecule has 1 heterocycles. The first-order valence-corrected chi connectivity index (χ1v) is 7.01. The number of thiophene rings is 1. The second-order valence-electron chi connectivity index (χ2n) is 4.31. The van der Waals surface area contributed by atoms with Gasteiger partial charge in [0.25, 0.3) is 0 Å². The van der Waals surface area contributed by atoms with Gasteiger partial charge in [-0.15, -0.1) is 11.3 Å². The minimum absolute atomic E-state index is 0.573. The van der Waals surface area contributed by atoms with E-state index in [0.717, 1.165) is 19.0 Å². The lowest BCUT2D eigenvalue weighted by Gasteiger charge is -2.26. The van der Waals surface area contributed by atoms with Crippen molar-refractivity contribution in [3.05, 3.63) is 20.8 Å². The summed E-state index contributed by atoms with van der Waals surface area (Å²) in [7, 11) is 2.18. The highest BCUT2D eigenvalue weighted by Crippen LogP contribution is 2.35. The monoisotopic (exact) mass is 288 g/mol. The highest BCUT2D eigenvalue weighted by molar-refractivity contribution is 9.11. The van der Waals surface area contributed by atoms with E-state index in [-0.39, 0.29) is 0 Å². The molecule has 0 spiro atoms. The molecule has 1 atom stereocenters. The molecule has 1 aliphatic carbocycles. The fourth-order valence-electron chi connectivity index (χ4n) is 2.05. The quantitative estimate of drug-likeness (QED) is 0.903. The van der Waals surface area contributed by atoms with Crippen molar-refractivity contribution in [1.29, 1.82) is 0 Å². The van der Waals surface area contributed by atoms with Gasteiger partial charge in [-0.3, -0.25) is 4.90 Å². The molecule has 0 bridgehead atoms. The van der Waals surface area contributed by atoms with Crippen molar-refractivity contribution >= 4 is 27.3 Å². The zero-order chi connectivity index (χ0) is 10.8. The molecule has 1 aliphatic rings. The predicted octanol–water partition coefficient (Wildman–Crippen LogP) is 2.68. The minimum Gasteiger partial charge on any atom is -0.329 e. The number of halogens is 1. The molecular formula is C11H17BrN2S. The Labute approximate surface area is 104 Å². The van der Waals surface area contributed by atoms with Crippen LogP contribution in [0.5, 0.6) is 0 Å². The van der Waals surface area contributed by atoms with Crippen LogP contribution < -0.4 is 5.73 Å². The van der Waals surface area contributed by atoms with Crippen LogP contribution in [0.1, 0.15) is 18.4 Å². The van der Waals surface area contributed by atoms with Gasteiger partial charge in [0.05, 0.1) is 3.79 Å². The SMILES string of the molecule is CN(Cc1csc(Br)c1)C(CN)C1CC1. The summed E-state index contributed by atoms with van der Waals surface area (Å²) in [4.78, 5) is 2.40. The average Bonchev–Trinajstić information content (AvgIpc) is 2.93. The van der Waals surface area contributed by atoms with Crippen molar-refractivity contribution < 1.29 is 0 Å². The van der Waals surface area contributed by atoms with E-state index in [4.69, 9.17) is 5.73 Å². The van der Waals surface area contributed by atoms with E-state index < -0.39 is 0 Å². The van der Waals surface area contributed by atoms with Crippen molar-refractivity contribution in [3.63, 3.8) is 0 Å². The molecule has 4 heteroatoms. The van der Waals surface area contributed by atoms with Crippen molar-refractivity contribution in [3.8, 4) is 0 Å². The summed E-state index contributed by atoms with van der Waals surface area (Å²) < 4.78 is 1.21. The van der Waals surface area contributed by atoms with Crippen LogP contribution in [0.15, 0.2) is 15.2 Å². The van der Waals surface area contributed by atoms with Crippen LogP contribution in [-0.4, -0.2) is 24.5 Å². The molecule has 0 aromatic carbocycles. The Morgan fingerprint density at radius 1 is 1.67 bits per heavy atom. The Morgan fingerprint density at radius 3 is 2.87 bits per heavy atom. The Balaban J connectivity index is 1.92. The van der Waals surface area contributed by atoms with Gasteiger partial charge < -0.3 is 5.73 Å². The molecule has 0 radical (unpaired) electrons. The minimum atomic E-state index is 0.573. The first-order valence-electron chi connectivity index (χ1n) is 5.34. The smallest absolute Gasteiger partial charge is 0.0701 e. The fourth-order valence-corrected chi connectivity index (χ4v) is 3.25. The van der Waals surface area contributed by atoms with Crippen LogP contribution in [0.2, 0.25) is 0 Å². The first kappa shape index (κ1) is 11.6. The van der Waals surface area contributed by atoms with Gasteiger partial charge in [0.1, 0.15) is 0 Å². The summed E-state index contributed by atoms with van der Waals surface area (Å²) in [6.45, 7) is 1.80. The van der Waals surface area contributed by atoms with Crippen molar-refractivity contribution in [2.45, 2.75) is 25.4 Å². The summed E-state index contributed by atoms with van der Waals surface area (Å²) in [5, 5.41) is 2.21. The highest BCUT2D eigenvalue weighted by atomic mass is 79.9. The van der Waals surface area contributed by atoms with Crippen LogP contribution in [-0.2, 0) is 6.54 Å². The molecule has 0 saturated heterocycles. The number of nitrogens with two attached hydrogens (primary N) is 1. The van der Waals surface area contributed by atoms with Crippen LogP contribution in [0.25, 0.3) is 0 Å². The topological polar surface area (TPSA) is 29.3 Å². The van der Waals surface area contributed by atoms with Gasteiger partial charge in [-0.25, -0.2) is 0 Å². The second kappa shape index (κ2) is 4.95. The third-order valence-electron chi connectivity index (χ3n) is 3.03. The lowest BCUT2D eigenvalue weighted by atomic mass is 10.1. The average molecular weight is 289 g/mol. The maximum Gasteiger partial charge on any atom is 0.0701 e. The van der Waals surface area contributed by atoms with Crippen LogP contribution >= 0.6 is 27.3 Å². The largest absolute Gasteiger partial charge is 0.329 e. The van der Waals surface area contributed by atoms with Gasteiger partial charge in [0.2, 0.25) is 0 Å². The first-order chi connectivity index (χ1) is 7.20. The molecular weight excluding hydrogens is 272 g/mol. The van der Waals surface area contributed by atoms with Crippen molar-refractivity contribution in [2.75, 3.05) is 13.6 Å². The normalized spacial score (nSPS) is 18.4. The maximum absolute atomic E-state index is 5.83. The van der Waals surface area contributed by atoms with Crippen molar-refractivity contribution in [2.24, 2.45) is 11.7 Å².